The molecule has 29 heavy (non-hydrogen) atoms. The Kier molecular flexibility index (Phi) is 5.21. The van der Waals surface area contributed by atoms with Gasteiger partial charge in [0.1, 0.15) is 24.3 Å². The molecular weight excluding hydrogens is 387 g/mol. The molecule has 1 aromatic heterocycles. The van der Waals surface area contributed by atoms with Gasteiger partial charge in [0.15, 0.2) is 0 Å². The van der Waals surface area contributed by atoms with E-state index in [4.69, 9.17) is 9.47 Å². The predicted molar refractivity (Wildman–Crippen MR) is 100 cm³/mol. The molecule has 4 rings (SSSR count). The number of carbonyl (C=O) groups is 1. The molecule has 154 valence electrons. The van der Waals surface area contributed by atoms with Gasteiger partial charge in [0.25, 0.3) is 0 Å². The second-order valence-electron chi connectivity index (χ2n) is 6.94. The number of alkyl halides is 3. The van der Waals surface area contributed by atoms with Gasteiger partial charge >= 0.3 is 12.3 Å². The van der Waals surface area contributed by atoms with E-state index in [0.717, 1.165) is 11.9 Å². The normalized spacial score (nSPS) is 18.1. The highest BCUT2D eigenvalue weighted by Gasteiger charge is 2.35. The van der Waals surface area contributed by atoms with Gasteiger partial charge in [0.05, 0.1) is 24.0 Å². The summed E-state index contributed by atoms with van der Waals surface area (Å²) in [5, 5.41) is 0. The maximum absolute atomic E-state index is 13.1. The van der Waals surface area contributed by atoms with Crippen LogP contribution in [0.15, 0.2) is 42.6 Å². The fraction of sp³-hybridized carbons (Fsp3) is 0.400. The summed E-state index contributed by atoms with van der Waals surface area (Å²) in [6, 6.07) is 8.94. The summed E-state index contributed by atoms with van der Waals surface area (Å²) in [5.74, 6) is 0.633. The molecule has 0 saturated carbocycles. The Balaban J connectivity index is 1.36. The molecule has 0 N–H and O–H groups in total. The van der Waals surface area contributed by atoms with Crippen molar-refractivity contribution in [3.8, 4) is 5.75 Å². The lowest BCUT2D eigenvalue weighted by molar-refractivity contribution is -0.139. The Morgan fingerprint density at radius 1 is 1.07 bits per heavy atom. The second kappa shape index (κ2) is 7.81. The first-order valence-corrected chi connectivity index (χ1v) is 9.40. The van der Waals surface area contributed by atoms with Crippen molar-refractivity contribution in [2.24, 2.45) is 0 Å². The molecule has 1 amide bonds. The van der Waals surface area contributed by atoms with Gasteiger partial charge in [-0.3, -0.25) is 4.90 Å². The van der Waals surface area contributed by atoms with Crippen LogP contribution in [0, 0.1) is 0 Å². The van der Waals surface area contributed by atoms with E-state index in [2.05, 4.69) is 9.88 Å². The lowest BCUT2D eigenvalue weighted by Gasteiger charge is -2.33. The number of halogens is 3. The molecule has 0 aliphatic carbocycles. The number of hydrogen-bond donors (Lipinski definition) is 0. The molecule has 2 aromatic rings. The minimum absolute atomic E-state index is 0.126. The van der Waals surface area contributed by atoms with Crippen LogP contribution in [0.1, 0.15) is 18.4 Å². The maximum atomic E-state index is 13.1. The molecule has 0 radical (unpaired) electrons. The summed E-state index contributed by atoms with van der Waals surface area (Å²) < 4.78 is 50.0. The van der Waals surface area contributed by atoms with Crippen LogP contribution in [-0.4, -0.2) is 43.4 Å². The molecule has 1 aromatic carbocycles. The van der Waals surface area contributed by atoms with Gasteiger partial charge in [-0.15, -0.1) is 0 Å². The average molecular weight is 407 g/mol. The highest BCUT2D eigenvalue weighted by atomic mass is 19.4. The number of anilines is 2. The van der Waals surface area contributed by atoms with Crippen LogP contribution in [0.5, 0.6) is 5.75 Å². The van der Waals surface area contributed by atoms with Gasteiger partial charge in [0, 0.05) is 25.9 Å². The quantitative estimate of drug-likeness (QED) is 0.764. The van der Waals surface area contributed by atoms with Crippen LogP contribution >= 0.6 is 0 Å². The van der Waals surface area contributed by atoms with E-state index in [0.29, 0.717) is 44.8 Å². The number of carbonyl (C=O) groups excluding carboxylic acids is 1. The van der Waals surface area contributed by atoms with Crippen LogP contribution in [0.25, 0.3) is 0 Å². The highest BCUT2D eigenvalue weighted by Crippen LogP contribution is 2.37. The first kappa shape index (κ1) is 19.4. The van der Waals surface area contributed by atoms with Crippen molar-refractivity contribution < 1.29 is 27.4 Å². The monoisotopic (exact) mass is 407 g/mol. The standard InChI is InChI=1S/C20H20F3N3O3/c21-20(22,23)16-3-1-2-4-17(16)29-15-7-9-25(10-8-15)18-6-5-14(13-24-18)26-11-12-28-19(26)27/h1-6,13,15H,7-12H2. The molecular formula is C20H20F3N3O3. The van der Waals surface area contributed by atoms with E-state index in [-0.39, 0.29) is 17.9 Å². The van der Waals surface area contributed by atoms with Crippen molar-refractivity contribution in [1.82, 2.24) is 4.98 Å². The minimum Gasteiger partial charge on any atom is -0.490 e. The molecule has 0 atom stereocenters. The van der Waals surface area contributed by atoms with E-state index < -0.39 is 11.7 Å². The van der Waals surface area contributed by atoms with Crippen molar-refractivity contribution in [3.63, 3.8) is 0 Å². The van der Waals surface area contributed by atoms with Crippen LogP contribution in [0.3, 0.4) is 0 Å². The number of ether oxygens (including phenoxy) is 2. The van der Waals surface area contributed by atoms with E-state index in [1.165, 1.54) is 17.0 Å². The van der Waals surface area contributed by atoms with E-state index in [1.54, 1.807) is 12.3 Å². The lowest BCUT2D eigenvalue weighted by Crippen LogP contribution is -2.39. The predicted octanol–water partition coefficient (Wildman–Crippen LogP) is 4.10. The van der Waals surface area contributed by atoms with Crippen LogP contribution in [0.4, 0.5) is 29.5 Å². The molecule has 2 aliphatic rings. The number of aromatic nitrogens is 1. The Morgan fingerprint density at radius 3 is 2.45 bits per heavy atom. The topological polar surface area (TPSA) is 54.9 Å². The first-order valence-electron chi connectivity index (χ1n) is 9.40. The largest absolute Gasteiger partial charge is 0.490 e. The fourth-order valence-corrected chi connectivity index (χ4v) is 3.54. The van der Waals surface area contributed by atoms with Crippen LogP contribution < -0.4 is 14.5 Å². The number of cyclic esters (lactones) is 1. The fourth-order valence-electron chi connectivity index (χ4n) is 3.54. The zero-order valence-electron chi connectivity index (χ0n) is 15.6. The second-order valence-corrected chi connectivity index (χ2v) is 6.94. The number of nitrogens with zero attached hydrogens (tertiary/aromatic N) is 3. The zero-order chi connectivity index (χ0) is 20.4. The van der Waals surface area contributed by atoms with Gasteiger partial charge in [-0.1, -0.05) is 12.1 Å². The lowest BCUT2D eigenvalue weighted by atomic mass is 10.1. The summed E-state index contributed by atoms with van der Waals surface area (Å²) in [6.45, 7) is 2.11. The number of pyridine rings is 1. The molecule has 2 aliphatic heterocycles. The Labute approximate surface area is 165 Å². The number of para-hydroxylation sites is 1. The van der Waals surface area contributed by atoms with Gasteiger partial charge in [0.2, 0.25) is 0 Å². The molecule has 2 fully saturated rings. The first-order chi connectivity index (χ1) is 13.9. The van der Waals surface area contributed by atoms with Crippen molar-refractivity contribution in [1.29, 1.82) is 0 Å². The van der Waals surface area contributed by atoms with E-state index in [1.807, 2.05) is 12.1 Å². The van der Waals surface area contributed by atoms with E-state index >= 15 is 0 Å². The maximum Gasteiger partial charge on any atom is 0.419 e. The molecule has 0 spiro atoms. The Hall–Kier alpha value is -2.97. The number of rotatable bonds is 4. The molecule has 3 heterocycles. The van der Waals surface area contributed by atoms with E-state index in [9.17, 15) is 18.0 Å². The summed E-state index contributed by atoms with van der Waals surface area (Å²) >= 11 is 0. The van der Waals surface area contributed by atoms with Crippen molar-refractivity contribution in [2.75, 3.05) is 36.0 Å². The molecule has 6 nitrogen and oxygen atoms in total. The number of hydrogen-bond acceptors (Lipinski definition) is 5. The smallest absolute Gasteiger partial charge is 0.419 e. The number of amides is 1. The third-order valence-electron chi connectivity index (χ3n) is 5.06. The Morgan fingerprint density at radius 2 is 1.83 bits per heavy atom. The van der Waals surface area contributed by atoms with Crippen LogP contribution in [0.2, 0.25) is 0 Å². The average Bonchev–Trinajstić information content (AvgIpc) is 3.14. The van der Waals surface area contributed by atoms with Gasteiger partial charge in [-0.2, -0.15) is 13.2 Å². The number of piperidine rings is 1. The SMILES string of the molecule is O=C1OCCN1c1ccc(N2CCC(Oc3ccccc3C(F)(F)F)CC2)nc1. The van der Waals surface area contributed by atoms with Crippen molar-refractivity contribution in [2.45, 2.75) is 25.1 Å². The van der Waals surface area contributed by atoms with Crippen molar-refractivity contribution in [3.05, 3.63) is 48.2 Å². The number of benzene rings is 1. The minimum atomic E-state index is -4.44. The molecule has 2 saturated heterocycles. The summed E-state index contributed by atoms with van der Waals surface area (Å²) in [7, 11) is 0. The molecule has 0 unspecified atom stereocenters. The highest BCUT2D eigenvalue weighted by molar-refractivity contribution is 5.89. The zero-order valence-corrected chi connectivity index (χ0v) is 15.6. The Bertz CT molecular complexity index is 865. The third-order valence-corrected chi connectivity index (χ3v) is 5.06. The summed E-state index contributed by atoms with van der Waals surface area (Å²) in [5.41, 5.74) is -0.0710. The van der Waals surface area contributed by atoms with Gasteiger partial charge < -0.3 is 14.4 Å². The van der Waals surface area contributed by atoms with Crippen molar-refractivity contribution >= 4 is 17.6 Å². The molecule has 0 bridgehead atoms. The molecule has 9 heteroatoms. The summed E-state index contributed by atoms with van der Waals surface area (Å²) in [4.78, 5) is 19.6. The summed E-state index contributed by atoms with van der Waals surface area (Å²) in [6.07, 6.45) is -2.29. The van der Waals surface area contributed by atoms with Gasteiger partial charge in [-0.05, 0) is 24.3 Å². The third kappa shape index (κ3) is 4.23. The van der Waals surface area contributed by atoms with Gasteiger partial charge in [-0.25, -0.2) is 9.78 Å². The van der Waals surface area contributed by atoms with Crippen LogP contribution in [-0.2, 0) is 10.9 Å².